The van der Waals surface area contributed by atoms with E-state index in [4.69, 9.17) is 4.74 Å². The van der Waals surface area contributed by atoms with Crippen molar-refractivity contribution in [2.75, 3.05) is 12.4 Å². The lowest BCUT2D eigenvalue weighted by Crippen LogP contribution is -2.23. The van der Waals surface area contributed by atoms with Gasteiger partial charge in [-0.25, -0.2) is 0 Å². The zero-order valence-electron chi connectivity index (χ0n) is 12.8. The van der Waals surface area contributed by atoms with Gasteiger partial charge in [-0.2, -0.15) is 0 Å². The van der Waals surface area contributed by atoms with Gasteiger partial charge < -0.3 is 4.74 Å². The summed E-state index contributed by atoms with van der Waals surface area (Å²) in [6, 6.07) is 7.39. The van der Waals surface area contributed by atoms with Crippen LogP contribution in [-0.2, 0) is 9.53 Å². The van der Waals surface area contributed by atoms with Crippen LogP contribution in [0.2, 0.25) is 0 Å². The SMILES string of the molecule is O=C1CSC(C(=O)OCCC2CCCCC2)c2ccccc21. The number of ether oxygens (including phenoxy) is 1. The molecule has 1 heterocycles. The molecule has 3 rings (SSSR count). The number of esters is 1. The smallest absolute Gasteiger partial charge is 0.323 e. The molecule has 1 saturated carbocycles. The molecular weight excluding hydrogens is 296 g/mol. The van der Waals surface area contributed by atoms with E-state index < -0.39 is 0 Å². The van der Waals surface area contributed by atoms with E-state index in [9.17, 15) is 9.59 Å². The van der Waals surface area contributed by atoms with Crippen LogP contribution in [0.4, 0.5) is 0 Å². The van der Waals surface area contributed by atoms with E-state index in [1.807, 2.05) is 18.2 Å². The van der Waals surface area contributed by atoms with E-state index in [1.54, 1.807) is 6.07 Å². The number of ketones is 1. The lowest BCUT2D eigenvalue weighted by molar-refractivity contribution is -0.143. The van der Waals surface area contributed by atoms with Crippen molar-refractivity contribution in [2.45, 2.75) is 43.8 Å². The summed E-state index contributed by atoms with van der Waals surface area (Å²) in [5.41, 5.74) is 1.49. The van der Waals surface area contributed by atoms with Crippen LogP contribution in [0.15, 0.2) is 24.3 Å². The van der Waals surface area contributed by atoms with Gasteiger partial charge in [-0.05, 0) is 17.9 Å². The topological polar surface area (TPSA) is 43.4 Å². The number of carbonyl (C=O) groups is 2. The molecule has 4 heteroatoms. The zero-order valence-corrected chi connectivity index (χ0v) is 13.6. The Kier molecular flexibility index (Phi) is 5.19. The number of thioether (sulfide) groups is 1. The first kappa shape index (κ1) is 15.6. The van der Waals surface area contributed by atoms with Gasteiger partial charge in [0.1, 0.15) is 5.25 Å². The maximum atomic E-state index is 12.4. The summed E-state index contributed by atoms with van der Waals surface area (Å²) in [4.78, 5) is 24.3. The molecule has 0 radical (unpaired) electrons. The number of benzene rings is 1. The molecule has 0 spiro atoms. The Morgan fingerprint density at radius 1 is 1.18 bits per heavy atom. The highest BCUT2D eigenvalue weighted by Gasteiger charge is 2.32. The Morgan fingerprint density at radius 2 is 1.95 bits per heavy atom. The predicted molar refractivity (Wildman–Crippen MR) is 88.1 cm³/mol. The molecule has 22 heavy (non-hydrogen) atoms. The summed E-state index contributed by atoms with van der Waals surface area (Å²) in [7, 11) is 0. The van der Waals surface area contributed by atoms with Gasteiger partial charge in [0, 0.05) is 5.56 Å². The first-order valence-electron chi connectivity index (χ1n) is 8.16. The molecular formula is C18H22O3S. The molecule has 1 aromatic carbocycles. The predicted octanol–water partition coefficient (Wildman–Crippen LogP) is 4.17. The van der Waals surface area contributed by atoms with Crippen molar-refractivity contribution in [2.24, 2.45) is 5.92 Å². The van der Waals surface area contributed by atoms with E-state index in [-0.39, 0.29) is 17.0 Å². The van der Waals surface area contributed by atoms with Crippen LogP contribution >= 0.6 is 11.8 Å². The number of fused-ring (bicyclic) bond motifs is 1. The van der Waals surface area contributed by atoms with Crippen LogP contribution in [-0.4, -0.2) is 24.1 Å². The van der Waals surface area contributed by atoms with Crippen molar-refractivity contribution in [1.82, 2.24) is 0 Å². The molecule has 1 fully saturated rings. The summed E-state index contributed by atoms with van der Waals surface area (Å²) in [6.45, 7) is 0.511. The van der Waals surface area contributed by atoms with Crippen LogP contribution in [0, 0.1) is 5.92 Å². The lowest BCUT2D eigenvalue weighted by Gasteiger charge is -2.24. The number of hydrogen-bond donors (Lipinski definition) is 0. The Balaban J connectivity index is 1.56. The molecule has 1 unspecified atom stereocenters. The first-order valence-corrected chi connectivity index (χ1v) is 9.21. The minimum Gasteiger partial charge on any atom is -0.465 e. The zero-order chi connectivity index (χ0) is 15.4. The Labute approximate surface area is 135 Å². The average Bonchev–Trinajstić information content (AvgIpc) is 2.56. The monoisotopic (exact) mass is 318 g/mol. The van der Waals surface area contributed by atoms with Gasteiger partial charge in [-0.15, -0.1) is 11.8 Å². The van der Waals surface area contributed by atoms with Crippen molar-refractivity contribution in [3.05, 3.63) is 35.4 Å². The van der Waals surface area contributed by atoms with Gasteiger partial charge in [0.25, 0.3) is 0 Å². The maximum Gasteiger partial charge on any atom is 0.323 e. The lowest BCUT2D eigenvalue weighted by atomic mass is 9.87. The molecule has 1 aliphatic carbocycles. The van der Waals surface area contributed by atoms with E-state index in [0.29, 0.717) is 17.9 Å². The normalized spacial score (nSPS) is 22.2. The highest BCUT2D eigenvalue weighted by Crippen LogP contribution is 2.37. The van der Waals surface area contributed by atoms with Gasteiger partial charge in [0.05, 0.1) is 12.4 Å². The second kappa shape index (κ2) is 7.32. The third-order valence-electron chi connectivity index (χ3n) is 4.63. The summed E-state index contributed by atoms with van der Waals surface area (Å²) < 4.78 is 5.51. The van der Waals surface area contributed by atoms with Gasteiger partial charge >= 0.3 is 5.97 Å². The number of carbonyl (C=O) groups excluding carboxylic acids is 2. The van der Waals surface area contributed by atoms with Crippen LogP contribution < -0.4 is 0 Å². The number of hydrogen-bond acceptors (Lipinski definition) is 4. The van der Waals surface area contributed by atoms with E-state index in [2.05, 4.69) is 0 Å². The summed E-state index contributed by atoms with van der Waals surface area (Å²) in [6.07, 6.45) is 7.49. The molecule has 3 nitrogen and oxygen atoms in total. The largest absolute Gasteiger partial charge is 0.465 e. The van der Waals surface area contributed by atoms with Crippen molar-refractivity contribution in [1.29, 1.82) is 0 Å². The molecule has 0 bridgehead atoms. The van der Waals surface area contributed by atoms with Crippen molar-refractivity contribution in [3.8, 4) is 0 Å². The van der Waals surface area contributed by atoms with Crippen LogP contribution in [0.25, 0.3) is 0 Å². The molecule has 2 aliphatic rings. The second-order valence-corrected chi connectivity index (χ2v) is 7.26. The number of rotatable bonds is 4. The Bertz CT molecular complexity index is 549. The minimum atomic E-state index is -0.347. The molecule has 0 saturated heterocycles. The van der Waals surface area contributed by atoms with Crippen LogP contribution in [0.3, 0.4) is 0 Å². The third kappa shape index (κ3) is 3.54. The highest BCUT2D eigenvalue weighted by atomic mass is 32.2. The van der Waals surface area contributed by atoms with Gasteiger partial charge in [-0.1, -0.05) is 56.4 Å². The van der Waals surface area contributed by atoms with Gasteiger partial charge in [0.15, 0.2) is 5.78 Å². The van der Waals surface area contributed by atoms with E-state index in [1.165, 1.54) is 43.9 Å². The summed E-state index contributed by atoms with van der Waals surface area (Å²) in [5.74, 6) is 0.987. The second-order valence-electron chi connectivity index (χ2n) is 6.16. The molecule has 0 N–H and O–H groups in total. The molecule has 0 aromatic heterocycles. The van der Waals surface area contributed by atoms with Gasteiger partial charge in [0.2, 0.25) is 0 Å². The quantitative estimate of drug-likeness (QED) is 0.782. The number of Topliss-reactive ketones (excluding diaryl/α,β-unsaturated/α-hetero) is 1. The summed E-state index contributed by atoms with van der Waals surface area (Å²) in [5, 5.41) is -0.347. The fourth-order valence-electron chi connectivity index (χ4n) is 3.38. The van der Waals surface area contributed by atoms with Crippen molar-refractivity contribution < 1.29 is 14.3 Å². The highest BCUT2D eigenvalue weighted by molar-refractivity contribution is 8.01. The van der Waals surface area contributed by atoms with Crippen LogP contribution in [0.5, 0.6) is 0 Å². The fraction of sp³-hybridized carbons (Fsp3) is 0.556. The minimum absolute atomic E-state index is 0.104. The Hall–Kier alpha value is -1.29. The van der Waals surface area contributed by atoms with Crippen LogP contribution in [0.1, 0.15) is 59.7 Å². The molecule has 0 amide bonds. The average molecular weight is 318 g/mol. The molecule has 118 valence electrons. The van der Waals surface area contributed by atoms with Gasteiger partial charge in [-0.3, -0.25) is 9.59 Å². The molecule has 1 aromatic rings. The fourth-order valence-corrected chi connectivity index (χ4v) is 4.44. The Morgan fingerprint density at radius 3 is 2.77 bits per heavy atom. The third-order valence-corrected chi connectivity index (χ3v) is 5.84. The maximum absolute atomic E-state index is 12.4. The van der Waals surface area contributed by atoms with Crippen molar-refractivity contribution in [3.63, 3.8) is 0 Å². The standard InChI is InChI=1S/C18H22O3S/c19-16-12-22-17(15-9-5-4-8-14(15)16)18(20)21-11-10-13-6-2-1-3-7-13/h4-5,8-9,13,17H,1-3,6-7,10-12H2. The molecule has 1 atom stereocenters. The first-order chi connectivity index (χ1) is 10.8. The van der Waals surface area contributed by atoms with E-state index in [0.717, 1.165) is 17.9 Å². The van der Waals surface area contributed by atoms with Crippen molar-refractivity contribution >= 4 is 23.5 Å². The molecule has 1 aliphatic heterocycles. The van der Waals surface area contributed by atoms with E-state index >= 15 is 0 Å². The summed E-state index contributed by atoms with van der Waals surface area (Å²) >= 11 is 1.38.